The quantitative estimate of drug-likeness (QED) is 0.831. The fourth-order valence-corrected chi connectivity index (χ4v) is 3.52. The lowest BCUT2D eigenvalue weighted by Crippen LogP contribution is -2.37. The van der Waals surface area contributed by atoms with Gasteiger partial charge in [-0.25, -0.2) is 0 Å². The van der Waals surface area contributed by atoms with E-state index in [0.717, 1.165) is 30.5 Å². The maximum absolute atomic E-state index is 12.8. The fraction of sp³-hybridized carbons (Fsp3) is 0.391. The number of nitrogens with zero attached hydrogens (tertiary/aromatic N) is 2. The molecule has 2 aromatic rings. The van der Waals surface area contributed by atoms with Crippen molar-refractivity contribution in [3.05, 3.63) is 70.8 Å². The summed E-state index contributed by atoms with van der Waals surface area (Å²) in [6.45, 7) is 6.68. The zero-order valence-electron chi connectivity index (χ0n) is 16.3. The topological polar surface area (TPSA) is 40.6 Å². The lowest BCUT2D eigenvalue weighted by molar-refractivity contribution is -0.131. The molecule has 1 aliphatic rings. The van der Waals surface area contributed by atoms with Gasteiger partial charge in [0, 0.05) is 38.2 Å². The average Bonchev–Trinajstić information content (AvgIpc) is 2.93. The van der Waals surface area contributed by atoms with Gasteiger partial charge in [-0.15, -0.1) is 0 Å². The minimum atomic E-state index is 0.0713. The SMILES string of the molecule is Cc1ccc(CCC(=O)N2CCCN(C(=O)c3ccccc3C)CC2)cc1. The third-order valence-electron chi connectivity index (χ3n) is 5.26. The molecule has 4 heteroatoms. The lowest BCUT2D eigenvalue weighted by atomic mass is 10.1. The number of hydrogen-bond donors (Lipinski definition) is 0. The molecule has 1 aliphatic heterocycles. The van der Waals surface area contributed by atoms with E-state index >= 15 is 0 Å². The highest BCUT2D eigenvalue weighted by Gasteiger charge is 2.23. The summed E-state index contributed by atoms with van der Waals surface area (Å²) in [5.74, 6) is 0.253. The highest BCUT2D eigenvalue weighted by atomic mass is 16.2. The summed E-state index contributed by atoms with van der Waals surface area (Å²) in [6, 6.07) is 16.0. The molecule has 4 nitrogen and oxygen atoms in total. The molecule has 2 amide bonds. The molecule has 0 atom stereocenters. The summed E-state index contributed by atoms with van der Waals surface area (Å²) in [7, 11) is 0. The minimum absolute atomic E-state index is 0.0713. The standard InChI is InChI=1S/C23H28N2O2/c1-18-8-10-20(11-9-18)12-13-22(26)24-14-5-15-25(17-16-24)23(27)21-7-4-3-6-19(21)2/h3-4,6-11H,5,12-17H2,1-2H3. The summed E-state index contributed by atoms with van der Waals surface area (Å²) < 4.78 is 0. The Morgan fingerprint density at radius 2 is 1.52 bits per heavy atom. The zero-order valence-corrected chi connectivity index (χ0v) is 16.3. The van der Waals surface area contributed by atoms with E-state index in [9.17, 15) is 9.59 Å². The average molecular weight is 364 g/mol. The normalized spacial score (nSPS) is 14.7. The van der Waals surface area contributed by atoms with Crippen LogP contribution in [0.4, 0.5) is 0 Å². The van der Waals surface area contributed by atoms with Gasteiger partial charge in [-0.3, -0.25) is 9.59 Å². The Hall–Kier alpha value is -2.62. The molecule has 0 unspecified atom stereocenters. The maximum atomic E-state index is 12.8. The van der Waals surface area contributed by atoms with Gasteiger partial charge in [0.2, 0.25) is 5.91 Å². The third-order valence-corrected chi connectivity index (χ3v) is 5.26. The van der Waals surface area contributed by atoms with Crippen molar-refractivity contribution < 1.29 is 9.59 Å². The first kappa shape index (κ1) is 19.2. The summed E-state index contributed by atoms with van der Waals surface area (Å²) in [5.41, 5.74) is 4.19. The van der Waals surface area contributed by atoms with Crippen LogP contribution in [0.5, 0.6) is 0 Å². The Bertz CT molecular complexity index is 798. The van der Waals surface area contributed by atoms with Gasteiger partial charge in [-0.1, -0.05) is 48.0 Å². The number of benzene rings is 2. The molecule has 27 heavy (non-hydrogen) atoms. The van der Waals surface area contributed by atoms with Crippen LogP contribution in [0.1, 0.15) is 39.9 Å². The van der Waals surface area contributed by atoms with Crippen molar-refractivity contribution in [2.75, 3.05) is 26.2 Å². The minimum Gasteiger partial charge on any atom is -0.341 e. The van der Waals surface area contributed by atoms with E-state index in [1.165, 1.54) is 11.1 Å². The van der Waals surface area contributed by atoms with Gasteiger partial charge in [-0.05, 0) is 43.9 Å². The molecule has 1 saturated heterocycles. The van der Waals surface area contributed by atoms with E-state index in [0.29, 0.717) is 26.1 Å². The first-order valence-corrected chi connectivity index (χ1v) is 9.73. The van der Waals surface area contributed by atoms with Crippen LogP contribution in [0.15, 0.2) is 48.5 Å². The van der Waals surface area contributed by atoms with Crippen molar-refractivity contribution in [2.45, 2.75) is 33.1 Å². The Balaban J connectivity index is 1.54. The lowest BCUT2D eigenvalue weighted by Gasteiger charge is -2.23. The molecular weight excluding hydrogens is 336 g/mol. The molecule has 0 spiro atoms. The number of carbonyl (C=O) groups excluding carboxylic acids is 2. The predicted octanol–water partition coefficient (Wildman–Crippen LogP) is 3.61. The van der Waals surface area contributed by atoms with Gasteiger partial charge in [0.25, 0.3) is 5.91 Å². The van der Waals surface area contributed by atoms with E-state index < -0.39 is 0 Å². The first-order chi connectivity index (χ1) is 13.0. The van der Waals surface area contributed by atoms with Gasteiger partial charge in [0.15, 0.2) is 0 Å². The second kappa shape index (κ2) is 8.85. The van der Waals surface area contributed by atoms with E-state index in [1.54, 1.807) is 0 Å². The molecule has 1 heterocycles. The first-order valence-electron chi connectivity index (χ1n) is 9.73. The summed E-state index contributed by atoms with van der Waals surface area (Å²) >= 11 is 0. The molecule has 0 radical (unpaired) electrons. The Labute approximate surface area is 161 Å². The predicted molar refractivity (Wildman–Crippen MR) is 108 cm³/mol. The molecule has 3 rings (SSSR count). The van der Waals surface area contributed by atoms with Gasteiger partial charge in [0.1, 0.15) is 0 Å². The van der Waals surface area contributed by atoms with Crippen LogP contribution in [0, 0.1) is 13.8 Å². The summed E-state index contributed by atoms with van der Waals surface area (Å²) in [4.78, 5) is 29.2. The molecule has 0 N–H and O–H groups in total. The summed E-state index contributed by atoms with van der Waals surface area (Å²) in [5, 5.41) is 0. The highest BCUT2D eigenvalue weighted by molar-refractivity contribution is 5.95. The Morgan fingerprint density at radius 3 is 2.26 bits per heavy atom. The molecule has 2 aromatic carbocycles. The second-order valence-corrected chi connectivity index (χ2v) is 7.33. The van der Waals surface area contributed by atoms with Crippen molar-refractivity contribution in [1.29, 1.82) is 0 Å². The van der Waals surface area contributed by atoms with Crippen LogP contribution in [0.2, 0.25) is 0 Å². The molecule has 0 bridgehead atoms. The van der Waals surface area contributed by atoms with Crippen molar-refractivity contribution in [3.63, 3.8) is 0 Å². The van der Waals surface area contributed by atoms with Crippen molar-refractivity contribution in [1.82, 2.24) is 9.80 Å². The van der Waals surface area contributed by atoms with Crippen LogP contribution in [-0.4, -0.2) is 47.8 Å². The van der Waals surface area contributed by atoms with Crippen molar-refractivity contribution in [3.8, 4) is 0 Å². The van der Waals surface area contributed by atoms with Gasteiger partial charge in [0.05, 0.1) is 0 Å². The van der Waals surface area contributed by atoms with Crippen LogP contribution in [0.3, 0.4) is 0 Å². The molecule has 0 aliphatic carbocycles. The molecule has 1 fully saturated rings. The highest BCUT2D eigenvalue weighted by Crippen LogP contribution is 2.14. The van der Waals surface area contributed by atoms with Crippen molar-refractivity contribution >= 4 is 11.8 Å². The fourth-order valence-electron chi connectivity index (χ4n) is 3.52. The number of hydrogen-bond acceptors (Lipinski definition) is 2. The molecule has 142 valence electrons. The van der Waals surface area contributed by atoms with E-state index in [2.05, 4.69) is 31.2 Å². The van der Waals surface area contributed by atoms with E-state index in [4.69, 9.17) is 0 Å². The van der Waals surface area contributed by atoms with Crippen LogP contribution >= 0.6 is 0 Å². The Morgan fingerprint density at radius 1 is 0.852 bits per heavy atom. The summed E-state index contributed by atoms with van der Waals surface area (Å²) in [6.07, 6.45) is 2.12. The number of rotatable bonds is 4. The number of carbonyl (C=O) groups is 2. The zero-order chi connectivity index (χ0) is 19.2. The number of amides is 2. The third kappa shape index (κ3) is 4.97. The second-order valence-electron chi connectivity index (χ2n) is 7.33. The molecule has 0 saturated carbocycles. The Kier molecular flexibility index (Phi) is 6.28. The molecular formula is C23H28N2O2. The smallest absolute Gasteiger partial charge is 0.254 e. The largest absolute Gasteiger partial charge is 0.341 e. The van der Waals surface area contributed by atoms with E-state index in [-0.39, 0.29) is 11.8 Å². The van der Waals surface area contributed by atoms with Gasteiger partial charge in [-0.2, -0.15) is 0 Å². The monoisotopic (exact) mass is 364 g/mol. The van der Waals surface area contributed by atoms with Crippen molar-refractivity contribution in [2.24, 2.45) is 0 Å². The maximum Gasteiger partial charge on any atom is 0.254 e. The molecule has 0 aromatic heterocycles. The van der Waals surface area contributed by atoms with E-state index in [1.807, 2.05) is 41.0 Å². The van der Waals surface area contributed by atoms with Crippen LogP contribution in [0.25, 0.3) is 0 Å². The number of aryl methyl sites for hydroxylation is 3. The van der Waals surface area contributed by atoms with Gasteiger partial charge >= 0.3 is 0 Å². The van der Waals surface area contributed by atoms with Crippen LogP contribution in [-0.2, 0) is 11.2 Å². The van der Waals surface area contributed by atoms with Crippen LogP contribution < -0.4 is 0 Å². The van der Waals surface area contributed by atoms with Gasteiger partial charge < -0.3 is 9.80 Å².